The molecule has 0 aliphatic carbocycles. The number of rotatable bonds is 3. The molecule has 2 aliphatic rings. The average Bonchev–Trinajstić information content (AvgIpc) is 2.93. The van der Waals surface area contributed by atoms with Gasteiger partial charge < -0.3 is 10.6 Å². The van der Waals surface area contributed by atoms with Crippen LogP contribution in [0.1, 0.15) is 48.6 Å². The molecule has 2 saturated heterocycles. The molecule has 2 unspecified atom stereocenters. The number of nitrogens with two attached hydrogens (primary N) is 1. The molecule has 2 aromatic rings. The molecule has 2 fully saturated rings. The van der Waals surface area contributed by atoms with Crippen molar-refractivity contribution in [3.05, 3.63) is 34.0 Å². The van der Waals surface area contributed by atoms with E-state index in [0.29, 0.717) is 17.5 Å². The van der Waals surface area contributed by atoms with Crippen LogP contribution < -0.4 is 5.73 Å². The second-order valence-electron chi connectivity index (χ2n) is 7.15. The summed E-state index contributed by atoms with van der Waals surface area (Å²) in [5.41, 5.74) is 6.27. The van der Waals surface area contributed by atoms with Gasteiger partial charge in [0, 0.05) is 29.6 Å². The lowest BCUT2D eigenvalue weighted by Crippen LogP contribution is -2.50. The quantitative estimate of drug-likeness (QED) is 0.679. The molecule has 2 aliphatic heterocycles. The van der Waals surface area contributed by atoms with Crippen LogP contribution in [0.25, 0.3) is 10.9 Å². The van der Waals surface area contributed by atoms with Crippen molar-refractivity contribution in [3.8, 4) is 0 Å². The van der Waals surface area contributed by atoms with Crippen molar-refractivity contribution in [3.63, 3.8) is 0 Å². The number of carbonyl (C=O) groups excluding carboxylic acids is 1. The Morgan fingerprint density at radius 2 is 1.96 bits per heavy atom. The van der Waals surface area contributed by atoms with Crippen molar-refractivity contribution in [1.29, 1.82) is 0 Å². The highest BCUT2D eigenvalue weighted by Gasteiger charge is 2.37. The zero-order valence-electron chi connectivity index (χ0n) is 14.1. The molecule has 0 spiro atoms. The van der Waals surface area contributed by atoms with Crippen LogP contribution in [0.4, 0.5) is 5.69 Å². The molecule has 8 heteroatoms. The van der Waals surface area contributed by atoms with E-state index in [1.807, 2.05) is 4.68 Å². The number of piperidine rings is 2. The number of hydrogen-bond donors (Lipinski definition) is 1. The molecular weight excluding hydrogens is 322 g/mol. The molecule has 4 rings (SSSR count). The largest absolute Gasteiger partial charge is 0.364 e. The number of non-ortho nitro benzene ring substituents is 1. The second-order valence-corrected chi connectivity index (χ2v) is 7.15. The van der Waals surface area contributed by atoms with Crippen LogP contribution in [0.5, 0.6) is 0 Å². The van der Waals surface area contributed by atoms with Gasteiger partial charge in [-0.2, -0.15) is 5.10 Å². The monoisotopic (exact) mass is 343 g/mol. The van der Waals surface area contributed by atoms with Crippen LogP contribution >= 0.6 is 0 Å². The van der Waals surface area contributed by atoms with Gasteiger partial charge in [-0.3, -0.25) is 19.6 Å². The summed E-state index contributed by atoms with van der Waals surface area (Å²) in [7, 11) is 2.18. The maximum absolute atomic E-state index is 11.8. The van der Waals surface area contributed by atoms with E-state index in [1.54, 1.807) is 6.07 Å². The summed E-state index contributed by atoms with van der Waals surface area (Å²) in [6.07, 6.45) is 5.55. The highest BCUT2D eigenvalue weighted by molar-refractivity contribution is 6.04. The van der Waals surface area contributed by atoms with Crippen LogP contribution in [-0.2, 0) is 0 Å². The molecule has 2 bridgehead atoms. The lowest BCUT2D eigenvalue weighted by atomic mass is 9.82. The molecule has 1 aromatic heterocycles. The Morgan fingerprint density at radius 3 is 2.56 bits per heavy atom. The van der Waals surface area contributed by atoms with Crippen LogP contribution in [0, 0.1) is 10.1 Å². The lowest BCUT2D eigenvalue weighted by Gasteiger charge is -2.47. The summed E-state index contributed by atoms with van der Waals surface area (Å²) in [6, 6.07) is 5.76. The number of fused-ring (bicyclic) bond motifs is 3. The van der Waals surface area contributed by atoms with E-state index >= 15 is 0 Å². The fourth-order valence-electron chi connectivity index (χ4n) is 4.49. The van der Waals surface area contributed by atoms with E-state index in [1.165, 1.54) is 31.4 Å². The summed E-state index contributed by atoms with van der Waals surface area (Å²) >= 11 is 0. The first-order valence-corrected chi connectivity index (χ1v) is 8.64. The molecule has 1 aromatic carbocycles. The maximum Gasteiger partial charge on any atom is 0.270 e. The van der Waals surface area contributed by atoms with E-state index in [0.717, 1.165) is 18.4 Å². The van der Waals surface area contributed by atoms with Crippen molar-refractivity contribution in [2.24, 2.45) is 5.73 Å². The van der Waals surface area contributed by atoms with Gasteiger partial charge in [0.25, 0.3) is 11.6 Å². The van der Waals surface area contributed by atoms with Gasteiger partial charge in [-0.1, -0.05) is 6.42 Å². The molecule has 0 saturated carbocycles. The van der Waals surface area contributed by atoms with E-state index in [2.05, 4.69) is 17.0 Å². The Labute approximate surface area is 144 Å². The number of hydrogen-bond acceptors (Lipinski definition) is 5. The third-order valence-corrected chi connectivity index (χ3v) is 5.79. The smallest absolute Gasteiger partial charge is 0.270 e. The first-order chi connectivity index (χ1) is 12.0. The number of benzene rings is 1. The van der Waals surface area contributed by atoms with Gasteiger partial charge in [-0.05, 0) is 38.8 Å². The fraction of sp³-hybridized carbons (Fsp3) is 0.529. The summed E-state index contributed by atoms with van der Waals surface area (Å²) in [5, 5.41) is 16.0. The molecular formula is C17H21N5O3. The molecule has 3 heterocycles. The second kappa shape index (κ2) is 5.80. The molecule has 0 radical (unpaired) electrons. The van der Waals surface area contributed by atoms with Crippen molar-refractivity contribution < 1.29 is 9.72 Å². The Morgan fingerprint density at radius 1 is 1.28 bits per heavy atom. The van der Waals surface area contributed by atoms with Gasteiger partial charge in [0.15, 0.2) is 5.69 Å². The Bertz CT molecular complexity index is 847. The van der Waals surface area contributed by atoms with Crippen LogP contribution in [0.3, 0.4) is 0 Å². The summed E-state index contributed by atoms with van der Waals surface area (Å²) < 4.78 is 1.87. The van der Waals surface area contributed by atoms with E-state index in [-0.39, 0.29) is 17.4 Å². The standard InChI is InChI=1S/C17H21N5O3/c1-20-10-3-2-4-11(20)8-13(7-10)21-15-6-5-12(22(24)25)9-14(15)16(19-21)17(18)23/h5-6,9-11,13H,2-4,7-8H2,1H3,(H2,18,23). The summed E-state index contributed by atoms with van der Waals surface area (Å²) in [5.74, 6) is -0.655. The molecule has 2 atom stereocenters. The Kier molecular flexibility index (Phi) is 3.72. The fourth-order valence-corrected chi connectivity index (χ4v) is 4.49. The van der Waals surface area contributed by atoms with Crippen molar-refractivity contribution >= 4 is 22.5 Å². The zero-order chi connectivity index (χ0) is 17.7. The minimum atomic E-state index is -0.655. The SMILES string of the molecule is CN1C2CCCC1CC(n1nc(C(N)=O)c3cc([N+](=O)[O-])ccc31)C2. The number of nitro benzene ring substituents is 1. The van der Waals surface area contributed by atoms with Crippen molar-refractivity contribution in [1.82, 2.24) is 14.7 Å². The lowest BCUT2D eigenvalue weighted by molar-refractivity contribution is -0.384. The number of primary amides is 1. The maximum atomic E-state index is 11.8. The van der Waals surface area contributed by atoms with Crippen LogP contribution in [0.15, 0.2) is 18.2 Å². The summed E-state index contributed by atoms with van der Waals surface area (Å²) in [4.78, 5) is 24.9. The summed E-state index contributed by atoms with van der Waals surface area (Å²) in [6.45, 7) is 0. The minimum Gasteiger partial charge on any atom is -0.364 e. The van der Waals surface area contributed by atoms with Crippen LogP contribution in [0.2, 0.25) is 0 Å². The van der Waals surface area contributed by atoms with E-state index < -0.39 is 10.8 Å². The topological polar surface area (TPSA) is 107 Å². The number of nitro groups is 1. The molecule has 132 valence electrons. The minimum absolute atomic E-state index is 0.0604. The number of amides is 1. The van der Waals surface area contributed by atoms with Crippen molar-refractivity contribution in [2.75, 3.05) is 7.05 Å². The highest BCUT2D eigenvalue weighted by Crippen LogP contribution is 2.39. The van der Waals surface area contributed by atoms with E-state index in [9.17, 15) is 14.9 Å². The predicted molar refractivity (Wildman–Crippen MR) is 92.4 cm³/mol. The number of aromatic nitrogens is 2. The van der Waals surface area contributed by atoms with Crippen LogP contribution in [-0.4, -0.2) is 44.6 Å². The average molecular weight is 343 g/mol. The highest BCUT2D eigenvalue weighted by atomic mass is 16.6. The molecule has 1 amide bonds. The third-order valence-electron chi connectivity index (χ3n) is 5.79. The van der Waals surface area contributed by atoms with Gasteiger partial charge in [0.1, 0.15) is 0 Å². The zero-order valence-corrected chi connectivity index (χ0v) is 14.1. The predicted octanol–water partition coefficient (Wildman–Crippen LogP) is 2.23. The van der Waals surface area contributed by atoms with Gasteiger partial charge in [0.05, 0.1) is 16.5 Å². The molecule has 8 nitrogen and oxygen atoms in total. The number of carbonyl (C=O) groups is 1. The van der Waals surface area contributed by atoms with Gasteiger partial charge in [0.2, 0.25) is 0 Å². The van der Waals surface area contributed by atoms with Gasteiger partial charge in [-0.15, -0.1) is 0 Å². The first kappa shape index (κ1) is 16.0. The molecule has 25 heavy (non-hydrogen) atoms. The normalized spacial score (nSPS) is 26.7. The van der Waals surface area contributed by atoms with E-state index in [4.69, 9.17) is 5.73 Å². The van der Waals surface area contributed by atoms with Crippen molar-refractivity contribution in [2.45, 2.75) is 50.2 Å². The number of nitrogens with zero attached hydrogens (tertiary/aromatic N) is 4. The van der Waals surface area contributed by atoms with Gasteiger partial charge in [-0.25, -0.2) is 0 Å². The third kappa shape index (κ3) is 2.57. The Balaban J connectivity index is 1.80. The molecule has 2 N–H and O–H groups in total. The first-order valence-electron chi connectivity index (χ1n) is 8.64. The van der Waals surface area contributed by atoms with Gasteiger partial charge >= 0.3 is 0 Å². The Hall–Kier alpha value is -2.48.